The lowest BCUT2D eigenvalue weighted by atomic mass is 9.76. The normalized spacial score (nSPS) is 18.4. The molecule has 2 aromatic carbocycles. The van der Waals surface area contributed by atoms with E-state index in [0.717, 1.165) is 49.3 Å². The summed E-state index contributed by atoms with van der Waals surface area (Å²) in [6.07, 6.45) is 8.23. The third kappa shape index (κ3) is 7.41. The number of nitrogens with zero attached hydrogens (tertiary/aromatic N) is 1. The van der Waals surface area contributed by atoms with E-state index in [1.165, 1.54) is 29.8 Å². The molecule has 3 atom stereocenters. The average Bonchev–Trinajstić information content (AvgIpc) is 2.88. The number of unbranched alkanes of at least 4 members (excludes halogenated alkanes) is 1. The molecule has 4 rings (SSSR count). The van der Waals surface area contributed by atoms with E-state index in [1.54, 1.807) is 12.3 Å². The Balaban J connectivity index is 1.26. The molecule has 6 nitrogen and oxygen atoms in total. The maximum absolute atomic E-state index is 13.8. The Labute approximate surface area is 217 Å². The first kappa shape index (κ1) is 27.3. The number of fused-ring (bicyclic) bond motifs is 1. The molecule has 0 fully saturated rings. The largest absolute Gasteiger partial charge is 0.327 e. The summed E-state index contributed by atoms with van der Waals surface area (Å²) in [6, 6.07) is 14.5. The van der Waals surface area contributed by atoms with Crippen LogP contribution in [0.5, 0.6) is 0 Å². The lowest BCUT2D eigenvalue weighted by Gasteiger charge is -2.35. The number of nitrogens with one attached hydrogen (secondary N) is 2. The highest BCUT2D eigenvalue weighted by atomic mass is 32.2. The fourth-order valence-corrected chi connectivity index (χ4v) is 6.19. The van der Waals surface area contributed by atoms with Gasteiger partial charge in [-0.3, -0.25) is 4.98 Å². The molecule has 1 aliphatic rings. The molecule has 0 unspecified atom stereocenters. The van der Waals surface area contributed by atoms with Crippen molar-refractivity contribution in [3.8, 4) is 0 Å². The second kappa shape index (κ2) is 12.7. The van der Waals surface area contributed by atoms with Crippen molar-refractivity contribution in [3.05, 3.63) is 95.3 Å². The van der Waals surface area contributed by atoms with E-state index in [-0.39, 0.29) is 35.3 Å². The summed E-state index contributed by atoms with van der Waals surface area (Å²) in [4.78, 5) is 3.90. The Kier molecular flexibility index (Phi) is 9.37. The summed E-state index contributed by atoms with van der Waals surface area (Å²) in [5.74, 6) is -0.780. The molecule has 0 bridgehead atoms. The predicted octanol–water partition coefficient (Wildman–Crippen LogP) is 4.07. The molecule has 0 spiro atoms. The molecule has 37 heavy (non-hydrogen) atoms. The molecule has 4 N–H and O–H groups in total. The zero-order valence-corrected chi connectivity index (χ0v) is 21.6. The van der Waals surface area contributed by atoms with Crippen molar-refractivity contribution in [3.63, 3.8) is 0 Å². The second-order valence-electron chi connectivity index (χ2n) is 9.65. The van der Waals surface area contributed by atoms with Crippen LogP contribution in [-0.4, -0.2) is 38.6 Å². The molecular weight excluding hydrogens is 494 g/mol. The number of hydrogen-bond donors (Lipinski definition) is 3. The Morgan fingerprint density at radius 1 is 1.08 bits per heavy atom. The number of aryl methyl sites for hydroxylation is 1. The molecule has 198 valence electrons. The van der Waals surface area contributed by atoms with Gasteiger partial charge in [0.1, 0.15) is 16.5 Å². The molecule has 9 heteroatoms. The maximum atomic E-state index is 13.8. The third-order valence-corrected chi connectivity index (χ3v) is 8.45. The average molecular weight is 529 g/mol. The molecule has 0 aliphatic heterocycles. The number of pyridine rings is 1. The van der Waals surface area contributed by atoms with Crippen molar-refractivity contribution >= 4 is 10.0 Å². The quantitative estimate of drug-likeness (QED) is 0.308. The van der Waals surface area contributed by atoms with Crippen LogP contribution in [-0.2, 0) is 22.9 Å². The summed E-state index contributed by atoms with van der Waals surface area (Å²) < 4.78 is 54.7. The second-order valence-corrected chi connectivity index (χ2v) is 11.4. The van der Waals surface area contributed by atoms with Crippen LogP contribution in [0.4, 0.5) is 8.78 Å². The summed E-state index contributed by atoms with van der Waals surface area (Å²) in [6.45, 7) is 0.853. The lowest BCUT2D eigenvalue weighted by Crippen LogP contribution is -2.45. The first-order valence-corrected chi connectivity index (χ1v) is 14.2. The van der Waals surface area contributed by atoms with Crippen molar-refractivity contribution in [2.24, 2.45) is 5.73 Å². The highest BCUT2D eigenvalue weighted by Gasteiger charge is 2.30. The SMILES string of the molecule is N[C@@H](CCCCNS(=O)(=O)c1ccccc1F)CN[C@H]1CCc2cc(F)ccc2[C@H]1Cc1cccnc1. The number of nitrogens with two attached hydrogens (primary N) is 1. The van der Waals surface area contributed by atoms with E-state index in [2.05, 4.69) is 21.1 Å². The number of rotatable bonds is 12. The Hall–Kier alpha value is -2.72. The molecule has 1 aromatic heterocycles. The summed E-state index contributed by atoms with van der Waals surface area (Å²) in [5, 5.41) is 3.65. The van der Waals surface area contributed by atoms with E-state index < -0.39 is 15.8 Å². The molecule has 0 saturated heterocycles. The molecule has 0 saturated carbocycles. The fraction of sp³-hybridized carbons (Fsp3) is 0.393. The van der Waals surface area contributed by atoms with E-state index in [9.17, 15) is 17.2 Å². The van der Waals surface area contributed by atoms with Gasteiger partial charge in [-0.1, -0.05) is 30.7 Å². The Bertz CT molecular complexity index is 1270. The topological polar surface area (TPSA) is 97.1 Å². The van der Waals surface area contributed by atoms with E-state index in [4.69, 9.17) is 5.73 Å². The Morgan fingerprint density at radius 2 is 1.92 bits per heavy atom. The minimum atomic E-state index is -3.87. The summed E-state index contributed by atoms with van der Waals surface area (Å²) in [5.41, 5.74) is 9.74. The van der Waals surface area contributed by atoms with Crippen LogP contribution in [0.25, 0.3) is 0 Å². The van der Waals surface area contributed by atoms with Crippen LogP contribution >= 0.6 is 0 Å². The highest BCUT2D eigenvalue weighted by Crippen LogP contribution is 2.35. The molecule has 1 heterocycles. The molecule has 0 radical (unpaired) electrons. The van der Waals surface area contributed by atoms with E-state index >= 15 is 0 Å². The van der Waals surface area contributed by atoms with Crippen LogP contribution in [0.2, 0.25) is 0 Å². The minimum Gasteiger partial charge on any atom is -0.327 e. The van der Waals surface area contributed by atoms with Crippen molar-refractivity contribution in [2.75, 3.05) is 13.1 Å². The van der Waals surface area contributed by atoms with Gasteiger partial charge in [-0.25, -0.2) is 21.9 Å². The number of sulfonamides is 1. The standard InChI is InChI=1S/C28H34F2N4O2S/c29-22-11-12-24-21(17-22)10-13-27(25(24)16-20-6-5-14-32-18-20)33-19-23(31)7-3-4-15-34-37(35,36)28-9-2-1-8-26(28)30/h1-2,5-6,8-9,11-12,14,17-18,23,25,27,33-34H,3-4,7,10,13,15-16,19,31H2/t23-,25+,27-/m0/s1. The van der Waals surface area contributed by atoms with E-state index in [0.29, 0.717) is 13.0 Å². The molecular formula is C28H34F2N4O2S. The zero-order valence-electron chi connectivity index (χ0n) is 20.7. The van der Waals surface area contributed by atoms with Crippen molar-refractivity contribution in [1.29, 1.82) is 0 Å². The van der Waals surface area contributed by atoms with Crippen LogP contribution in [0.3, 0.4) is 0 Å². The number of aromatic nitrogens is 1. The van der Waals surface area contributed by atoms with Gasteiger partial charge in [0.15, 0.2) is 0 Å². The van der Waals surface area contributed by atoms with Gasteiger partial charge in [-0.05, 0) is 79.1 Å². The fourth-order valence-electron chi connectivity index (χ4n) is 5.03. The molecule has 0 amide bonds. The number of hydrogen-bond acceptors (Lipinski definition) is 5. The first-order valence-electron chi connectivity index (χ1n) is 12.7. The van der Waals surface area contributed by atoms with Gasteiger partial charge in [-0.15, -0.1) is 0 Å². The summed E-state index contributed by atoms with van der Waals surface area (Å²) >= 11 is 0. The lowest BCUT2D eigenvalue weighted by molar-refractivity contribution is 0.366. The molecule has 1 aliphatic carbocycles. The van der Waals surface area contributed by atoms with Crippen LogP contribution < -0.4 is 15.8 Å². The molecule has 3 aromatic rings. The monoisotopic (exact) mass is 528 g/mol. The van der Waals surface area contributed by atoms with Gasteiger partial charge in [0.05, 0.1) is 0 Å². The highest BCUT2D eigenvalue weighted by molar-refractivity contribution is 7.89. The number of benzene rings is 2. The smallest absolute Gasteiger partial charge is 0.243 e. The van der Waals surface area contributed by atoms with Gasteiger partial charge in [-0.2, -0.15) is 0 Å². The van der Waals surface area contributed by atoms with Crippen LogP contribution in [0.15, 0.2) is 71.9 Å². The zero-order chi connectivity index (χ0) is 26.3. The van der Waals surface area contributed by atoms with Gasteiger partial charge < -0.3 is 11.1 Å². The Morgan fingerprint density at radius 3 is 2.70 bits per heavy atom. The minimum absolute atomic E-state index is 0.0863. The van der Waals surface area contributed by atoms with Gasteiger partial charge in [0.2, 0.25) is 10.0 Å². The number of halogens is 2. The van der Waals surface area contributed by atoms with Gasteiger partial charge in [0.25, 0.3) is 0 Å². The third-order valence-electron chi connectivity index (χ3n) is 6.96. The maximum Gasteiger partial charge on any atom is 0.243 e. The van der Waals surface area contributed by atoms with Gasteiger partial charge in [0, 0.05) is 43.5 Å². The van der Waals surface area contributed by atoms with Crippen LogP contribution in [0, 0.1) is 11.6 Å². The predicted molar refractivity (Wildman–Crippen MR) is 141 cm³/mol. The van der Waals surface area contributed by atoms with Crippen molar-refractivity contribution < 1.29 is 17.2 Å². The summed E-state index contributed by atoms with van der Waals surface area (Å²) in [7, 11) is -3.87. The van der Waals surface area contributed by atoms with E-state index in [1.807, 2.05) is 18.3 Å². The van der Waals surface area contributed by atoms with Crippen molar-refractivity contribution in [1.82, 2.24) is 15.0 Å². The first-order chi connectivity index (χ1) is 17.8. The van der Waals surface area contributed by atoms with Crippen LogP contribution in [0.1, 0.15) is 48.3 Å². The van der Waals surface area contributed by atoms with Crippen molar-refractivity contribution in [2.45, 2.75) is 61.4 Å². The van der Waals surface area contributed by atoms with Gasteiger partial charge >= 0.3 is 0 Å².